The molecule has 2 aliphatic heterocycles. The van der Waals surface area contributed by atoms with E-state index in [4.69, 9.17) is 4.74 Å². The van der Waals surface area contributed by atoms with Crippen LogP contribution in [0.25, 0.3) is 0 Å². The van der Waals surface area contributed by atoms with Gasteiger partial charge in [0.1, 0.15) is 6.04 Å². The average Bonchev–Trinajstić information content (AvgIpc) is 3.14. The minimum absolute atomic E-state index is 0.0109. The van der Waals surface area contributed by atoms with Crippen LogP contribution in [-0.4, -0.2) is 66.7 Å². The standard InChI is InChI=1S/C17H26N4O3/c18-10-15-12-24-9-8-21(15)16(22)13-4-3-7-20(11-13)17(23)19-14-5-1-2-6-14/h13-15H,1-9,11-12H2,(H,19,23)/t13-,15-/m1/s1. The van der Waals surface area contributed by atoms with Crippen LogP contribution < -0.4 is 5.32 Å². The lowest BCUT2D eigenvalue weighted by atomic mass is 9.96. The molecule has 1 saturated carbocycles. The molecule has 0 aromatic heterocycles. The molecule has 0 spiro atoms. The van der Waals surface area contributed by atoms with Gasteiger partial charge in [-0.25, -0.2) is 4.79 Å². The number of rotatable bonds is 2. The van der Waals surface area contributed by atoms with Crippen molar-refractivity contribution in [1.82, 2.24) is 15.1 Å². The lowest BCUT2D eigenvalue weighted by molar-refractivity contribution is -0.143. The number of carbonyl (C=O) groups excluding carboxylic acids is 2. The van der Waals surface area contributed by atoms with Crippen molar-refractivity contribution in [3.05, 3.63) is 0 Å². The second-order valence-electron chi connectivity index (χ2n) is 6.97. The molecule has 0 radical (unpaired) electrons. The fraction of sp³-hybridized carbons (Fsp3) is 0.824. The summed E-state index contributed by atoms with van der Waals surface area (Å²) in [7, 11) is 0. The Hall–Kier alpha value is -1.81. The van der Waals surface area contributed by atoms with Gasteiger partial charge in [0.05, 0.1) is 25.2 Å². The SMILES string of the molecule is N#C[C@@H]1COCCN1C(=O)[C@@H]1CCCN(C(=O)NC2CCCC2)C1. The number of carbonyl (C=O) groups is 2. The summed E-state index contributed by atoms with van der Waals surface area (Å²) in [6, 6.07) is 1.88. The second-order valence-corrected chi connectivity index (χ2v) is 6.97. The van der Waals surface area contributed by atoms with Crippen molar-refractivity contribution >= 4 is 11.9 Å². The van der Waals surface area contributed by atoms with E-state index in [0.717, 1.165) is 25.7 Å². The fourth-order valence-corrected chi connectivity index (χ4v) is 3.91. The Morgan fingerprint density at radius 2 is 1.92 bits per heavy atom. The topological polar surface area (TPSA) is 85.7 Å². The van der Waals surface area contributed by atoms with Gasteiger partial charge in [-0.05, 0) is 25.7 Å². The van der Waals surface area contributed by atoms with E-state index in [1.54, 1.807) is 9.80 Å². The van der Waals surface area contributed by atoms with Gasteiger partial charge in [-0.3, -0.25) is 4.79 Å². The molecule has 132 valence electrons. The van der Waals surface area contributed by atoms with E-state index in [-0.39, 0.29) is 30.5 Å². The van der Waals surface area contributed by atoms with Crippen molar-refractivity contribution in [3.63, 3.8) is 0 Å². The van der Waals surface area contributed by atoms with Crippen molar-refractivity contribution in [1.29, 1.82) is 5.26 Å². The Balaban J connectivity index is 1.57. The number of morpholine rings is 1. The number of amides is 3. The summed E-state index contributed by atoms with van der Waals surface area (Å²) in [6.07, 6.45) is 6.08. The minimum Gasteiger partial charge on any atom is -0.376 e. The molecule has 3 amide bonds. The first-order valence-corrected chi connectivity index (χ1v) is 9.02. The molecule has 7 heteroatoms. The normalized spacial score (nSPS) is 28.5. The molecular formula is C17H26N4O3. The maximum atomic E-state index is 12.8. The quantitative estimate of drug-likeness (QED) is 0.819. The summed E-state index contributed by atoms with van der Waals surface area (Å²) in [4.78, 5) is 28.6. The number of hydrogen-bond donors (Lipinski definition) is 1. The van der Waals surface area contributed by atoms with Gasteiger partial charge < -0.3 is 19.9 Å². The van der Waals surface area contributed by atoms with Gasteiger partial charge in [0.2, 0.25) is 5.91 Å². The Bertz CT molecular complexity index is 512. The van der Waals surface area contributed by atoms with E-state index >= 15 is 0 Å². The lowest BCUT2D eigenvalue weighted by Gasteiger charge is -2.38. The van der Waals surface area contributed by atoms with Crippen molar-refractivity contribution in [2.75, 3.05) is 32.8 Å². The zero-order valence-electron chi connectivity index (χ0n) is 14.1. The summed E-state index contributed by atoms with van der Waals surface area (Å²) in [5, 5.41) is 12.3. The molecule has 3 aliphatic rings. The van der Waals surface area contributed by atoms with Crippen molar-refractivity contribution < 1.29 is 14.3 Å². The number of nitrogens with one attached hydrogen (secondary N) is 1. The highest BCUT2D eigenvalue weighted by atomic mass is 16.5. The Morgan fingerprint density at radius 1 is 1.12 bits per heavy atom. The molecule has 1 N–H and O–H groups in total. The van der Waals surface area contributed by atoms with Crippen molar-refractivity contribution in [2.24, 2.45) is 5.92 Å². The number of urea groups is 1. The summed E-state index contributed by atoms with van der Waals surface area (Å²) in [5.41, 5.74) is 0. The highest BCUT2D eigenvalue weighted by Crippen LogP contribution is 2.22. The maximum absolute atomic E-state index is 12.8. The number of ether oxygens (including phenoxy) is 1. The van der Waals surface area contributed by atoms with Gasteiger partial charge in [-0.1, -0.05) is 12.8 Å². The molecule has 24 heavy (non-hydrogen) atoms. The second kappa shape index (κ2) is 7.84. The molecule has 0 unspecified atom stereocenters. The van der Waals surface area contributed by atoms with Crippen LogP contribution in [0.4, 0.5) is 4.79 Å². The van der Waals surface area contributed by atoms with Crippen LogP contribution in [0.1, 0.15) is 38.5 Å². The predicted molar refractivity (Wildman–Crippen MR) is 87.0 cm³/mol. The number of likely N-dealkylation sites (tertiary alicyclic amines) is 1. The highest BCUT2D eigenvalue weighted by molar-refractivity contribution is 5.81. The molecule has 7 nitrogen and oxygen atoms in total. The van der Waals surface area contributed by atoms with Gasteiger partial charge in [0.25, 0.3) is 0 Å². The van der Waals surface area contributed by atoms with Crippen LogP contribution in [0.2, 0.25) is 0 Å². The Morgan fingerprint density at radius 3 is 2.67 bits per heavy atom. The molecule has 2 saturated heterocycles. The minimum atomic E-state index is -0.506. The van der Waals surface area contributed by atoms with Crippen LogP contribution in [0.3, 0.4) is 0 Å². The first-order chi connectivity index (χ1) is 11.7. The Labute approximate surface area is 142 Å². The van der Waals surface area contributed by atoms with E-state index in [9.17, 15) is 14.9 Å². The summed E-state index contributed by atoms with van der Waals surface area (Å²) < 4.78 is 5.28. The van der Waals surface area contributed by atoms with Crippen LogP contribution in [-0.2, 0) is 9.53 Å². The third-order valence-corrected chi connectivity index (χ3v) is 5.30. The predicted octanol–water partition coefficient (Wildman–Crippen LogP) is 1.10. The first-order valence-electron chi connectivity index (χ1n) is 9.02. The van der Waals surface area contributed by atoms with Crippen LogP contribution in [0.5, 0.6) is 0 Å². The largest absolute Gasteiger partial charge is 0.376 e. The third-order valence-electron chi connectivity index (χ3n) is 5.30. The summed E-state index contributed by atoms with van der Waals surface area (Å²) in [6.45, 7) is 2.37. The maximum Gasteiger partial charge on any atom is 0.317 e. The van der Waals surface area contributed by atoms with E-state index < -0.39 is 6.04 Å². The van der Waals surface area contributed by atoms with Crippen LogP contribution >= 0.6 is 0 Å². The van der Waals surface area contributed by atoms with Gasteiger partial charge in [-0.2, -0.15) is 5.26 Å². The number of nitrogens with zero attached hydrogens (tertiary/aromatic N) is 3. The van der Waals surface area contributed by atoms with Gasteiger partial charge in [0, 0.05) is 25.7 Å². The highest BCUT2D eigenvalue weighted by Gasteiger charge is 2.35. The zero-order chi connectivity index (χ0) is 16.9. The first kappa shape index (κ1) is 17.0. The molecule has 3 rings (SSSR count). The molecule has 0 aromatic carbocycles. The molecule has 2 heterocycles. The lowest BCUT2D eigenvalue weighted by Crippen LogP contribution is -2.54. The smallest absolute Gasteiger partial charge is 0.317 e. The summed E-state index contributed by atoms with van der Waals surface area (Å²) in [5.74, 6) is -0.217. The molecule has 3 fully saturated rings. The number of piperidine rings is 1. The van der Waals surface area contributed by atoms with E-state index in [1.807, 2.05) is 0 Å². The molecule has 2 atom stereocenters. The van der Waals surface area contributed by atoms with E-state index in [2.05, 4.69) is 11.4 Å². The van der Waals surface area contributed by atoms with Crippen LogP contribution in [0, 0.1) is 17.2 Å². The molecule has 1 aliphatic carbocycles. The molecule has 0 aromatic rings. The van der Waals surface area contributed by atoms with Crippen molar-refractivity contribution in [2.45, 2.75) is 50.6 Å². The molecular weight excluding hydrogens is 308 g/mol. The van der Waals surface area contributed by atoms with Gasteiger partial charge in [-0.15, -0.1) is 0 Å². The fourth-order valence-electron chi connectivity index (χ4n) is 3.91. The Kier molecular flexibility index (Phi) is 5.56. The molecule has 0 bridgehead atoms. The monoisotopic (exact) mass is 334 g/mol. The average molecular weight is 334 g/mol. The third kappa shape index (κ3) is 3.81. The van der Waals surface area contributed by atoms with Gasteiger partial charge in [0.15, 0.2) is 0 Å². The van der Waals surface area contributed by atoms with Gasteiger partial charge >= 0.3 is 6.03 Å². The summed E-state index contributed by atoms with van der Waals surface area (Å²) >= 11 is 0. The van der Waals surface area contributed by atoms with E-state index in [0.29, 0.717) is 26.2 Å². The zero-order valence-corrected chi connectivity index (χ0v) is 14.1. The van der Waals surface area contributed by atoms with E-state index in [1.165, 1.54) is 12.8 Å². The van der Waals surface area contributed by atoms with Crippen LogP contribution in [0.15, 0.2) is 0 Å². The number of nitriles is 1. The number of hydrogen-bond acceptors (Lipinski definition) is 4. The van der Waals surface area contributed by atoms with Crippen molar-refractivity contribution in [3.8, 4) is 6.07 Å².